The summed E-state index contributed by atoms with van der Waals surface area (Å²) in [6.07, 6.45) is 5.92. The molecular formula is C15H21N3O2S. The second-order valence-electron chi connectivity index (χ2n) is 5.90. The number of hydrogen-bond acceptors (Lipinski definition) is 4. The van der Waals surface area contributed by atoms with E-state index in [1.807, 2.05) is 0 Å². The van der Waals surface area contributed by atoms with Gasteiger partial charge in [-0.3, -0.25) is 9.59 Å². The predicted octanol–water partition coefficient (Wildman–Crippen LogP) is 1.16. The minimum Gasteiger partial charge on any atom is -0.355 e. The number of aromatic nitrogens is 1. The Morgan fingerprint density at radius 3 is 2.95 bits per heavy atom. The lowest BCUT2D eigenvalue weighted by Crippen LogP contribution is -2.33. The molecule has 2 heterocycles. The van der Waals surface area contributed by atoms with Crippen LogP contribution in [0.15, 0.2) is 0 Å². The Balaban J connectivity index is 1.46. The van der Waals surface area contributed by atoms with Crippen molar-refractivity contribution in [1.82, 2.24) is 15.2 Å². The summed E-state index contributed by atoms with van der Waals surface area (Å²) in [6.45, 7) is 1.15. The molecular weight excluding hydrogens is 286 g/mol. The fourth-order valence-corrected chi connectivity index (χ4v) is 4.14. The molecule has 1 fully saturated rings. The van der Waals surface area contributed by atoms with Crippen molar-refractivity contribution >= 4 is 23.2 Å². The fourth-order valence-electron chi connectivity index (χ4n) is 2.99. The molecule has 0 spiro atoms. The summed E-state index contributed by atoms with van der Waals surface area (Å²) >= 11 is 1.80. The maximum atomic E-state index is 12.0. The smallest absolute Gasteiger partial charge is 0.225 e. The summed E-state index contributed by atoms with van der Waals surface area (Å²) in [7, 11) is 1.75. The van der Waals surface area contributed by atoms with Gasteiger partial charge in [-0.25, -0.2) is 4.98 Å². The number of thiazole rings is 1. The molecule has 3 rings (SSSR count). The molecule has 0 saturated carbocycles. The molecule has 2 aliphatic rings. The molecule has 0 bridgehead atoms. The molecule has 1 aliphatic carbocycles. The van der Waals surface area contributed by atoms with Gasteiger partial charge in [0.05, 0.1) is 16.6 Å². The molecule has 1 N–H and O–H groups in total. The topological polar surface area (TPSA) is 62.3 Å². The summed E-state index contributed by atoms with van der Waals surface area (Å²) in [5, 5.41) is 4.07. The number of rotatable bonds is 4. The molecule has 0 radical (unpaired) electrons. The first-order chi connectivity index (χ1) is 10.1. The zero-order chi connectivity index (χ0) is 14.8. The minimum absolute atomic E-state index is 0.00554. The second kappa shape index (κ2) is 6.13. The summed E-state index contributed by atoms with van der Waals surface area (Å²) in [4.78, 5) is 31.2. The number of hydrogen-bond donors (Lipinski definition) is 1. The molecule has 1 saturated heterocycles. The van der Waals surface area contributed by atoms with Gasteiger partial charge in [0.25, 0.3) is 0 Å². The van der Waals surface area contributed by atoms with Crippen molar-refractivity contribution in [2.24, 2.45) is 5.92 Å². The van der Waals surface area contributed by atoms with Gasteiger partial charge in [0, 0.05) is 37.9 Å². The molecule has 6 heteroatoms. The largest absolute Gasteiger partial charge is 0.355 e. The van der Waals surface area contributed by atoms with Crippen LogP contribution in [0.4, 0.5) is 0 Å². The van der Waals surface area contributed by atoms with Crippen molar-refractivity contribution in [3.8, 4) is 0 Å². The molecule has 2 amide bonds. The maximum absolute atomic E-state index is 12.0. The lowest BCUT2D eigenvalue weighted by atomic mass is 10.0. The van der Waals surface area contributed by atoms with E-state index in [0.29, 0.717) is 19.5 Å². The summed E-state index contributed by atoms with van der Waals surface area (Å²) in [5.41, 5.74) is 1.27. The Kier molecular flexibility index (Phi) is 4.24. The Labute approximate surface area is 128 Å². The number of nitrogens with zero attached hydrogens (tertiary/aromatic N) is 2. The highest BCUT2D eigenvalue weighted by atomic mass is 32.1. The van der Waals surface area contributed by atoms with Crippen LogP contribution in [-0.4, -0.2) is 41.8 Å². The van der Waals surface area contributed by atoms with Crippen molar-refractivity contribution in [2.75, 3.05) is 20.1 Å². The van der Waals surface area contributed by atoms with Crippen LogP contribution in [0.5, 0.6) is 0 Å². The van der Waals surface area contributed by atoms with Gasteiger partial charge in [-0.1, -0.05) is 0 Å². The van der Waals surface area contributed by atoms with Gasteiger partial charge in [0.15, 0.2) is 0 Å². The van der Waals surface area contributed by atoms with Crippen LogP contribution in [0.25, 0.3) is 0 Å². The predicted molar refractivity (Wildman–Crippen MR) is 81.2 cm³/mol. The lowest BCUT2D eigenvalue weighted by molar-refractivity contribution is -0.128. The monoisotopic (exact) mass is 307 g/mol. The van der Waals surface area contributed by atoms with Gasteiger partial charge in [-0.15, -0.1) is 11.3 Å². The highest BCUT2D eigenvalue weighted by Crippen LogP contribution is 2.26. The standard InChI is InChI=1S/C15H21N3O2S/c1-18-9-10(8-14(18)19)15(20)16-7-6-13-17-11-4-2-3-5-12(11)21-13/h10H,2-9H2,1H3,(H,16,20)/t10-/m0/s1. The van der Waals surface area contributed by atoms with Gasteiger partial charge < -0.3 is 10.2 Å². The van der Waals surface area contributed by atoms with Crippen molar-refractivity contribution in [3.05, 3.63) is 15.6 Å². The molecule has 0 aromatic carbocycles. The third-order valence-electron chi connectivity index (χ3n) is 4.24. The zero-order valence-electron chi connectivity index (χ0n) is 12.4. The molecule has 0 unspecified atom stereocenters. The number of carbonyl (C=O) groups is 2. The Hall–Kier alpha value is -1.43. The first-order valence-electron chi connectivity index (χ1n) is 7.62. The molecule has 1 aromatic heterocycles. The Morgan fingerprint density at radius 1 is 1.43 bits per heavy atom. The normalized spacial score (nSPS) is 21.5. The van der Waals surface area contributed by atoms with Crippen LogP contribution in [0, 0.1) is 5.92 Å². The Bertz CT molecular complexity index is 532. The molecule has 1 atom stereocenters. The van der Waals surface area contributed by atoms with Crippen molar-refractivity contribution < 1.29 is 9.59 Å². The minimum atomic E-state index is -0.188. The van der Waals surface area contributed by atoms with Gasteiger partial charge in [-0.05, 0) is 25.7 Å². The van der Waals surface area contributed by atoms with Crippen molar-refractivity contribution in [2.45, 2.75) is 38.5 Å². The first-order valence-corrected chi connectivity index (χ1v) is 8.44. The number of nitrogens with one attached hydrogen (secondary N) is 1. The average molecular weight is 307 g/mol. The third kappa shape index (κ3) is 3.26. The van der Waals surface area contributed by atoms with E-state index in [1.165, 1.54) is 23.4 Å². The first kappa shape index (κ1) is 14.5. The molecule has 1 aromatic rings. The second-order valence-corrected chi connectivity index (χ2v) is 7.07. The lowest BCUT2D eigenvalue weighted by Gasteiger charge is -2.10. The van der Waals surface area contributed by atoms with Crippen LogP contribution in [-0.2, 0) is 28.9 Å². The summed E-state index contributed by atoms with van der Waals surface area (Å²) in [6, 6.07) is 0. The van der Waals surface area contributed by atoms with E-state index in [-0.39, 0.29) is 17.7 Å². The maximum Gasteiger partial charge on any atom is 0.225 e. The van der Waals surface area contributed by atoms with Crippen LogP contribution < -0.4 is 5.32 Å². The Morgan fingerprint density at radius 2 is 2.24 bits per heavy atom. The third-order valence-corrected chi connectivity index (χ3v) is 5.46. The van der Waals surface area contributed by atoms with Crippen LogP contribution in [0.3, 0.4) is 0 Å². The highest BCUT2D eigenvalue weighted by Gasteiger charge is 2.31. The van der Waals surface area contributed by atoms with E-state index in [2.05, 4.69) is 10.3 Å². The highest BCUT2D eigenvalue weighted by molar-refractivity contribution is 7.11. The van der Waals surface area contributed by atoms with Crippen LogP contribution >= 0.6 is 11.3 Å². The molecule has 114 valence electrons. The van der Waals surface area contributed by atoms with Crippen LogP contribution in [0.1, 0.15) is 34.8 Å². The van der Waals surface area contributed by atoms with Gasteiger partial charge in [0.2, 0.25) is 11.8 Å². The zero-order valence-corrected chi connectivity index (χ0v) is 13.2. The van der Waals surface area contributed by atoms with E-state index in [9.17, 15) is 9.59 Å². The number of likely N-dealkylation sites (tertiary alicyclic amines) is 1. The van der Waals surface area contributed by atoms with E-state index in [4.69, 9.17) is 0 Å². The average Bonchev–Trinajstić information content (AvgIpc) is 3.02. The van der Waals surface area contributed by atoms with Crippen LogP contribution in [0.2, 0.25) is 0 Å². The number of fused-ring (bicyclic) bond motifs is 1. The van der Waals surface area contributed by atoms with Crippen molar-refractivity contribution in [1.29, 1.82) is 0 Å². The molecule has 21 heavy (non-hydrogen) atoms. The molecule has 1 aliphatic heterocycles. The van der Waals surface area contributed by atoms with E-state index in [1.54, 1.807) is 23.3 Å². The van der Waals surface area contributed by atoms with E-state index < -0.39 is 0 Å². The van der Waals surface area contributed by atoms with E-state index >= 15 is 0 Å². The van der Waals surface area contributed by atoms with Gasteiger partial charge >= 0.3 is 0 Å². The summed E-state index contributed by atoms with van der Waals surface area (Å²) in [5.74, 6) is -0.135. The van der Waals surface area contributed by atoms with Crippen molar-refractivity contribution in [3.63, 3.8) is 0 Å². The number of amides is 2. The van der Waals surface area contributed by atoms with Gasteiger partial charge in [0.1, 0.15) is 0 Å². The van der Waals surface area contributed by atoms with Gasteiger partial charge in [-0.2, -0.15) is 0 Å². The number of carbonyl (C=O) groups excluding carboxylic acids is 2. The molecule has 5 nitrogen and oxygen atoms in total. The summed E-state index contributed by atoms with van der Waals surface area (Å²) < 4.78 is 0. The fraction of sp³-hybridized carbons (Fsp3) is 0.667. The quantitative estimate of drug-likeness (QED) is 0.908. The SMILES string of the molecule is CN1C[C@@H](C(=O)NCCc2nc3c(s2)CCCC3)CC1=O. The van der Waals surface area contributed by atoms with E-state index in [0.717, 1.165) is 24.3 Å². The number of aryl methyl sites for hydroxylation is 2.